The molecule has 0 spiro atoms. The van der Waals surface area contributed by atoms with Crippen LogP contribution in [0.5, 0.6) is 0 Å². The number of ketones is 1. The van der Waals surface area contributed by atoms with Gasteiger partial charge in [-0.05, 0) is 69.8 Å². The number of allylic oxidation sites excluding steroid dienone is 1. The Balaban J connectivity index is 1.74. The number of aliphatic imine (C=N–C) groups is 1. The van der Waals surface area contributed by atoms with Crippen LogP contribution in [0.4, 0.5) is 9.59 Å². The van der Waals surface area contributed by atoms with E-state index < -0.39 is 41.3 Å². The van der Waals surface area contributed by atoms with E-state index in [0.29, 0.717) is 19.4 Å². The van der Waals surface area contributed by atoms with E-state index in [1.54, 1.807) is 0 Å². The SMILES string of the molecule is CC[C@@H]1[C@@H]2CN(C(=O)[C@H](C(C)(C)C)NC(=O)O[C@]3(C)CCC[C@H]3CCCCCN3C(=O)N/C(=C\C=N)N=C3O2)[C@@H]1C(C)=O. The third-order valence-corrected chi connectivity index (χ3v) is 9.42. The van der Waals surface area contributed by atoms with E-state index in [4.69, 9.17) is 14.9 Å². The molecule has 2 saturated heterocycles. The Hall–Kier alpha value is -3.44. The largest absolute Gasteiger partial charge is 0.459 e. The molecule has 0 aromatic heterocycles. The summed E-state index contributed by atoms with van der Waals surface area (Å²) in [5.74, 6) is -0.544. The molecule has 3 aliphatic heterocycles. The van der Waals surface area contributed by atoms with E-state index in [-0.39, 0.29) is 41.9 Å². The molecule has 3 N–H and O–H groups in total. The maximum Gasteiger partial charge on any atom is 0.408 e. The van der Waals surface area contributed by atoms with Crippen LogP contribution in [-0.2, 0) is 19.1 Å². The first-order valence-corrected chi connectivity index (χ1v) is 15.6. The van der Waals surface area contributed by atoms with Gasteiger partial charge in [-0.3, -0.25) is 14.9 Å². The van der Waals surface area contributed by atoms with Crippen molar-refractivity contribution in [3.05, 3.63) is 11.9 Å². The molecule has 0 aromatic rings. The molecular weight excluding hydrogens is 552 g/mol. The summed E-state index contributed by atoms with van der Waals surface area (Å²) in [6.45, 7) is 11.5. The van der Waals surface area contributed by atoms with Crippen LogP contribution in [0.3, 0.4) is 0 Å². The highest BCUT2D eigenvalue weighted by atomic mass is 16.6. The second kappa shape index (κ2) is 13.1. The second-order valence-corrected chi connectivity index (χ2v) is 13.6. The van der Waals surface area contributed by atoms with Gasteiger partial charge in [0.25, 0.3) is 0 Å². The molecule has 1 aliphatic carbocycles. The number of hydrogen-bond acceptors (Lipinski definition) is 8. The number of rotatable bonds is 3. The van der Waals surface area contributed by atoms with E-state index in [0.717, 1.165) is 44.7 Å². The molecule has 12 nitrogen and oxygen atoms in total. The summed E-state index contributed by atoms with van der Waals surface area (Å²) in [4.78, 5) is 61.3. The number of carbonyl (C=O) groups excluding carboxylic acids is 4. The topological polar surface area (TPSA) is 153 Å². The van der Waals surface area contributed by atoms with Gasteiger partial charge in [0, 0.05) is 18.7 Å². The summed E-state index contributed by atoms with van der Waals surface area (Å²) in [6, 6.07) is -2.03. The summed E-state index contributed by atoms with van der Waals surface area (Å²) in [7, 11) is 0. The third kappa shape index (κ3) is 7.04. The highest BCUT2D eigenvalue weighted by Crippen LogP contribution is 2.42. The molecule has 3 fully saturated rings. The van der Waals surface area contributed by atoms with Crippen LogP contribution in [0.2, 0.25) is 0 Å². The fraction of sp³-hybridized carbons (Fsp3) is 0.742. The van der Waals surface area contributed by atoms with Gasteiger partial charge in [0.05, 0.1) is 12.6 Å². The van der Waals surface area contributed by atoms with Crippen molar-refractivity contribution in [3.63, 3.8) is 0 Å². The molecule has 6 atom stereocenters. The number of ether oxygens (including phenoxy) is 2. The van der Waals surface area contributed by atoms with Crippen molar-refractivity contribution < 1.29 is 28.7 Å². The van der Waals surface area contributed by atoms with Gasteiger partial charge in [0.15, 0.2) is 5.78 Å². The standard InChI is InChI=1S/C31H48N6O6/c1-7-21-22-18-37(24(21)19(2)38)26(39)25(30(3,4)5)35-29(41)43-31(6)15-11-13-20(31)12-9-8-10-17-36-27(40)33-23(14-16-32)34-28(36)42-22/h14,16,20-22,24-25,32H,7-13,15,17-18H2,1-6H3,(H,33,40)(H,35,41)/b23-14+,32-16?/t20-,21-,22+,24-,25-,31-/m1/s1. The van der Waals surface area contributed by atoms with Gasteiger partial charge in [-0.15, -0.1) is 0 Å². The Labute approximate surface area is 254 Å². The van der Waals surface area contributed by atoms with Crippen LogP contribution in [0.1, 0.15) is 92.9 Å². The Morgan fingerprint density at radius 3 is 2.53 bits per heavy atom. The molecule has 2 bridgehead atoms. The Bertz CT molecular complexity index is 1180. The first kappa shape index (κ1) is 32.5. The van der Waals surface area contributed by atoms with Crippen molar-refractivity contribution in [3.8, 4) is 0 Å². The number of amides is 4. The molecule has 1 saturated carbocycles. The highest BCUT2D eigenvalue weighted by Gasteiger charge is 2.51. The van der Waals surface area contributed by atoms with Crippen molar-refractivity contribution in [1.29, 1.82) is 5.41 Å². The lowest BCUT2D eigenvalue weighted by molar-refractivity contribution is -0.141. The number of nitrogens with one attached hydrogen (secondary N) is 3. The zero-order valence-electron chi connectivity index (χ0n) is 26.4. The van der Waals surface area contributed by atoms with Gasteiger partial charge in [-0.25, -0.2) is 14.5 Å². The fourth-order valence-electron chi connectivity index (χ4n) is 7.08. The van der Waals surface area contributed by atoms with E-state index >= 15 is 0 Å². The molecule has 43 heavy (non-hydrogen) atoms. The molecule has 238 valence electrons. The lowest BCUT2D eigenvalue weighted by Gasteiger charge is -2.37. The van der Waals surface area contributed by atoms with Crippen molar-refractivity contribution in [2.75, 3.05) is 13.1 Å². The summed E-state index contributed by atoms with van der Waals surface area (Å²) in [5.41, 5.74) is -1.31. The number of fused-ring (bicyclic) bond motifs is 4. The van der Waals surface area contributed by atoms with Crippen molar-refractivity contribution in [2.45, 2.75) is 117 Å². The number of hydrogen-bond donors (Lipinski definition) is 3. The minimum atomic E-state index is -0.947. The van der Waals surface area contributed by atoms with Crippen molar-refractivity contribution >= 4 is 36.1 Å². The predicted octanol–water partition coefficient (Wildman–Crippen LogP) is 4.34. The monoisotopic (exact) mass is 600 g/mol. The number of amidine groups is 1. The van der Waals surface area contributed by atoms with E-state index in [2.05, 4.69) is 15.6 Å². The Morgan fingerprint density at radius 2 is 1.88 bits per heavy atom. The van der Waals surface area contributed by atoms with Gasteiger partial charge in [-0.1, -0.05) is 40.5 Å². The van der Waals surface area contributed by atoms with Gasteiger partial charge in [0.2, 0.25) is 5.91 Å². The zero-order valence-corrected chi connectivity index (χ0v) is 26.4. The molecule has 4 rings (SSSR count). The molecule has 0 unspecified atom stereocenters. The Kier molecular flexibility index (Phi) is 9.86. The van der Waals surface area contributed by atoms with Crippen LogP contribution >= 0.6 is 0 Å². The first-order valence-electron chi connectivity index (χ1n) is 15.6. The lowest BCUT2D eigenvalue weighted by atomic mass is 9.85. The van der Waals surface area contributed by atoms with E-state index in [1.165, 1.54) is 22.8 Å². The summed E-state index contributed by atoms with van der Waals surface area (Å²) in [6.07, 6.45) is 7.74. The summed E-state index contributed by atoms with van der Waals surface area (Å²) >= 11 is 0. The number of nitrogens with zero attached hydrogens (tertiary/aromatic N) is 3. The molecule has 0 aromatic carbocycles. The molecule has 12 heteroatoms. The quantitative estimate of drug-likeness (QED) is 0.410. The normalized spacial score (nSPS) is 33.6. The van der Waals surface area contributed by atoms with Crippen LogP contribution in [0.25, 0.3) is 0 Å². The lowest BCUT2D eigenvalue weighted by Crippen LogP contribution is -2.58. The molecule has 4 amide bonds. The fourth-order valence-corrected chi connectivity index (χ4v) is 7.08. The van der Waals surface area contributed by atoms with Gasteiger partial charge >= 0.3 is 18.1 Å². The zero-order chi connectivity index (χ0) is 31.5. The van der Waals surface area contributed by atoms with Crippen molar-refractivity contribution in [2.24, 2.45) is 22.2 Å². The number of urea groups is 1. The smallest absolute Gasteiger partial charge is 0.408 e. The highest BCUT2D eigenvalue weighted by molar-refractivity contribution is 5.98. The second-order valence-electron chi connectivity index (χ2n) is 13.6. The van der Waals surface area contributed by atoms with Crippen LogP contribution in [0.15, 0.2) is 16.9 Å². The first-order chi connectivity index (χ1) is 20.3. The molecular formula is C31H48N6O6. The van der Waals surface area contributed by atoms with Gasteiger partial charge in [0.1, 0.15) is 23.6 Å². The summed E-state index contributed by atoms with van der Waals surface area (Å²) < 4.78 is 12.5. The predicted molar refractivity (Wildman–Crippen MR) is 161 cm³/mol. The number of carbonyl (C=O) groups is 4. The van der Waals surface area contributed by atoms with Gasteiger partial charge < -0.3 is 25.1 Å². The van der Waals surface area contributed by atoms with Crippen LogP contribution < -0.4 is 10.6 Å². The maximum absolute atomic E-state index is 14.3. The maximum atomic E-state index is 14.3. The van der Waals surface area contributed by atoms with Crippen molar-refractivity contribution in [1.82, 2.24) is 20.4 Å². The number of Topliss-reactive ketones (excluding diaryl/α,β-unsaturated/α-hetero) is 1. The third-order valence-electron chi connectivity index (χ3n) is 9.42. The van der Waals surface area contributed by atoms with E-state index in [1.807, 2.05) is 34.6 Å². The average molecular weight is 601 g/mol. The molecule has 3 heterocycles. The minimum Gasteiger partial charge on any atom is -0.459 e. The van der Waals surface area contributed by atoms with E-state index in [9.17, 15) is 19.2 Å². The van der Waals surface area contributed by atoms with Crippen LogP contribution in [-0.4, -0.2) is 82.7 Å². The molecule has 4 aliphatic rings. The molecule has 0 radical (unpaired) electrons. The van der Waals surface area contributed by atoms with Gasteiger partial charge in [-0.2, -0.15) is 4.99 Å². The Morgan fingerprint density at radius 1 is 1.16 bits per heavy atom. The number of alkyl carbamates (subject to hydrolysis) is 1. The minimum absolute atomic E-state index is 0.0861. The van der Waals surface area contributed by atoms with Crippen LogP contribution in [0, 0.1) is 22.7 Å². The summed E-state index contributed by atoms with van der Waals surface area (Å²) in [5, 5.41) is 13.0. The average Bonchev–Trinajstić information content (AvgIpc) is 3.46.